The summed E-state index contributed by atoms with van der Waals surface area (Å²) in [5.41, 5.74) is 1.57. The van der Waals surface area contributed by atoms with Gasteiger partial charge in [0.1, 0.15) is 11.5 Å². The minimum atomic E-state index is -3.74. The summed E-state index contributed by atoms with van der Waals surface area (Å²) in [6.45, 7) is 0. The highest BCUT2D eigenvalue weighted by Crippen LogP contribution is 2.46. The largest absolute Gasteiger partial charge is 0.346 e. The van der Waals surface area contributed by atoms with Crippen LogP contribution in [0.5, 0.6) is 0 Å². The van der Waals surface area contributed by atoms with E-state index in [2.05, 4.69) is 32.1 Å². The number of aromatic amines is 1. The number of nitriles is 2. The molecule has 3 aromatic rings. The molecule has 2 fully saturated rings. The number of nitrogens with zero attached hydrogens (tertiary/aromatic N) is 3. The van der Waals surface area contributed by atoms with Gasteiger partial charge in [0.15, 0.2) is 0 Å². The van der Waals surface area contributed by atoms with Gasteiger partial charge in [0.2, 0.25) is 15.9 Å². The number of carbonyl (C=O) groups is 1. The van der Waals surface area contributed by atoms with Gasteiger partial charge in [-0.05, 0) is 55.5 Å². The smallest absolute Gasteiger partial charge is 0.234 e. The standard InChI is InChI=1S/C23H20N6O3S/c24-11-15-9-16(29-33(31,32)13-23(12-25)6-7-23)3-4-17(15)19-10-20(28-22(30)14-1-2-14)27-21-18(19)5-8-26-21/h3-5,8-10,14,29H,1-2,6-7,13H2,(H2,26,27,28,30). The highest BCUT2D eigenvalue weighted by atomic mass is 32.2. The predicted molar refractivity (Wildman–Crippen MR) is 122 cm³/mol. The molecule has 1 aromatic carbocycles. The van der Waals surface area contributed by atoms with E-state index in [1.807, 2.05) is 6.07 Å². The van der Waals surface area contributed by atoms with Crippen LogP contribution in [-0.2, 0) is 14.8 Å². The quantitative estimate of drug-likeness (QED) is 0.491. The summed E-state index contributed by atoms with van der Waals surface area (Å²) in [7, 11) is -3.74. The van der Waals surface area contributed by atoms with Crippen LogP contribution in [0.2, 0.25) is 0 Å². The summed E-state index contributed by atoms with van der Waals surface area (Å²) in [6, 6.07) is 12.5. The van der Waals surface area contributed by atoms with E-state index in [0.29, 0.717) is 35.4 Å². The Bertz CT molecular complexity index is 1470. The molecular weight excluding hydrogens is 440 g/mol. The van der Waals surface area contributed by atoms with Gasteiger partial charge in [-0.15, -0.1) is 0 Å². The van der Waals surface area contributed by atoms with Crippen molar-refractivity contribution in [3.63, 3.8) is 0 Å². The predicted octanol–water partition coefficient (Wildman–Crippen LogP) is 3.50. The summed E-state index contributed by atoms with van der Waals surface area (Å²) < 4.78 is 27.5. The molecule has 0 spiro atoms. The number of hydrogen-bond donors (Lipinski definition) is 3. The fourth-order valence-corrected chi connectivity index (χ4v) is 5.49. The van der Waals surface area contributed by atoms with Crippen molar-refractivity contribution in [2.75, 3.05) is 15.8 Å². The zero-order valence-corrected chi connectivity index (χ0v) is 18.4. The number of H-pyrrole nitrogens is 1. The van der Waals surface area contributed by atoms with Crippen molar-refractivity contribution >= 4 is 38.5 Å². The van der Waals surface area contributed by atoms with Crippen molar-refractivity contribution in [1.82, 2.24) is 9.97 Å². The van der Waals surface area contributed by atoms with Gasteiger partial charge >= 0.3 is 0 Å². The van der Waals surface area contributed by atoms with Gasteiger partial charge in [-0.2, -0.15) is 10.5 Å². The normalized spacial score (nSPS) is 16.5. The molecule has 9 nitrogen and oxygen atoms in total. The maximum absolute atomic E-state index is 12.5. The van der Waals surface area contributed by atoms with Crippen molar-refractivity contribution in [3.05, 3.63) is 42.1 Å². The zero-order chi connectivity index (χ0) is 23.2. The molecule has 0 atom stereocenters. The monoisotopic (exact) mass is 460 g/mol. The van der Waals surface area contributed by atoms with Crippen LogP contribution in [-0.4, -0.2) is 30.0 Å². The van der Waals surface area contributed by atoms with Crippen LogP contribution in [0.1, 0.15) is 31.2 Å². The molecular formula is C23H20N6O3S. The van der Waals surface area contributed by atoms with Crippen LogP contribution < -0.4 is 10.0 Å². The minimum absolute atomic E-state index is 0.0207. The molecule has 0 bridgehead atoms. The third-order valence-corrected chi connectivity index (χ3v) is 7.47. The average molecular weight is 461 g/mol. The second kappa shape index (κ2) is 7.61. The third kappa shape index (κ3) is 4.26. The highest BCUT2D eigenvalue weighted by Gasteiger charge is 2.47. The second-order valence-electron chi connectivity index (χ2n) is 8.68. The fraction of sp³-hybridized carbons (Fsp3) is 0.304. The molecule has 2 heterocycles. The number of amides is 1. The number of sulfonamides is 1. The highest BCUT2D eigenvalue weighted by molar-refractivity contribution is 7.92. The SMILES string of the molecule is N#Cc1cc(NS(=O)(=O)CC2(C#N)CC2)ccc1-c1cc(NC(=O)C2CC2)nc2[nH]ccc12. The maximum atomic E-state index is 12.5. The molecule has 2 saturated carbocycles. The molecule has 2 aliphatic rings. The number of carbonyl (C=O) groups excluding carboxylic acids is 1. The Labute approximate surface area is 190 Å². The van der Waals surface area contributed by atoms with Gasteiger partial charge in [-0.1, -0.05) is 6.07 Å². The van der Waals surface area contributed by atoms with Gasteiger partial charge in [0.25, 0.3) is 0 Å². The van der Waals surface area contributed by atoms with Gasteiger partial charge < -0.3 is 10.3 Å². The van der Waals surface area contributed by atoms with E-state index >= 15 is 0 Å². The molecule has 2 aromatic heterocycles. The number of anilines is 2. The first-order valence-electron chi connectivity index (χ1n) is 10.6. The second-order valence-corrected chi connectivity index (χ2v) is 10.4. The number of fused-ring (bicyclic) bond motifs is 1. The first-order chi connectivity index (χ1) is 15.8. The molecule has 166 valence electrons. The van der Waals surface area contributed by atoms with Crippen LogP contribution in [0.25, 0.3) is 22.2 Å². The van der Waals surface area contributed by atoms with E-state index in [1.54, 1.807) is 24.4 Å². The van der Waals surface area contributed by atoms with E-state index in [9.17, 15) is 23.7 Å². The molecule has 0 saturated heterocycles. The molecule has 0 aliphatic heterocycles. The molecule has 5 rings (SSSR count). The number of benzene rings is 1. The Balaban J connectivity index is 1.48. The van der Waals surface area contributed by atoms with E-state index in [0.717, 1.165) is 18.2 Å². The van der Waals surface area contributed by atoms with Gasteiger partial charge in [0, 0.05) is 28.8 Å². The number of rotatable bonds is 7. The fourth-order valence-electron chi connectivity index (χ4n) is 3.85. The molecule has 2 aliphatic carbocycles. The van der Waals surface area contributed by atoms with E-state index < -0.39 is 15.4 Å². The summed E-state index contributed by atoms with van der Waals surface area (Å²) in [6.07, 6.45) is 4.61. The number of nitrogens with one attached hydrogen (secondary N) is 3. The van der Waals surface area contributed by atoms with Crippen molar-refractivity contribution in [2.24, 2.45) is 11.3 Å². The number of pyridine rings is 1. The number of hydrogen-bond acceptors (Lipinski definition) is 6. The van der Waals surface area contributed by atoms with Crippen LogP contribution in [0.4, 0.5) is 11.5 Å². The summed E-state index contributed by atoms with van der Waals surface area (Å²) in [5.74, 6) is 0.0676. The van der Waals surface area contributed by atoms with Crippen LogP contribution in [0, 0.1) is 34.0 Å². The summed E-state index contributed by atoms with van der Waals surface area (Å²) in [5, 5.41) is 22.6. The van der Waals surface area contributed by atoms with Crippen molar-refractivity contribution in [3.8, 4) is 23.3 Å². The van der Waals surface area contributed by atoms with Crippen molar-refractivity contribution in [2.45, 2.75) is 25.7 Å². The molecule has 0 radical (unpaired) electrons. The van der Waals surface area contributed by atoms with Gasteiger partial charge in [0.05, 0.1) is 28.9 Å². The average Bonchev–Trinajstić information content (AvgIpc) is 3.71. The van der Waals surface area contributed by atoms with Crippen molar-refractivity contribution < 1.29 is 13.2 Å². The van der Waals surface area contributed by atoms with E-state index in [1.165, 1.54) is 6.07 Å². The Kier molecular flexibility index (Phi) is 4.84. The zero-order valence-electron chi connectivity index (χ0n) is 17.6. The Hall–Kier alpha value is -3.89. The Morgan fingerprint density at radius 1 is 1.18 bits per heavy atom. The van der Waals surface area contributed by atoms with Crippen LogP contribution in [0.15, 0.2) is 36.5 Å². The third-order valence-electron chi connectivity index (χ3n) is 5.99. The first-order valence-corrected chi connectivity index (χ1v) is 12.2. The van der Waals surface area contributed by atoms with E-state index in [4.69, 9.17) is 0 Å². The lowest BCUT2D eigenvalue weighted by molar-refractivity contribution is -0.117. The summed E-state index contributed by atoms with van der Waals surface area (Å²) in [4.78, 5) is 19.7. The van der Waals surface area contributed by atoms with Crippen LogP contribution >= 0.6 is 0 Å². The molecule has 3 N–H and O–H groups in total. The minimum Gasteiger partial charge on any atom is -0.346 e. The molecule has 10 heteroatoms. The molecule has 33 heavy (non-hydrogen) atoms. The number of aromatic nitrogens is 2. The lowest BCUT2D eigenvalue weighted by Crippen LogP contribution is -2.22. The maximum Gasteiger partial charge on any atom is 0.234 e. The lowest BCUT2D eigenvalue weighted by atomic mass is 9.98. The Morgan fingerprint density at radius 3 is 2.64 bits per heavy atom. The van der Waals surface area contributed by atoms with Crippen molar-refractivity contribution in [1.29, 1.82) is 10.5 Å². The lowest BCUT2D eigenvalue weighted by Gasteiger charge is -2.13. The van der Waals surface area contributed by atoms with Gasteiger partial charge in [-0.25, -0.2) is 13.4 Å². The van der Waals surface area contributed by atoms with Gasteiger partial charge in [-0.3, -0.25) is 9.52 Å². The first kappa shape index (κ1) is 21.0. The van der Waals surface area contributed by atoms with Crippen LogP contribution in [0.3, 0.4) is 0 Å². The topological polar surface area (TPSA) is 152 Å². The van der Waals surface area contributed by atoms with E-state index in [-0.39, 0.29) is 28.8 Å². The molecule has 0 unspecified atom stereocenters. The Morgan fingerprint density at radius 2 is 1.97 bits per heavy atom. The summed E-state index contributed by atoms with van der Waals surface area (Å²) >= 11 is 0. The molecule has 1 amide bonds.